The summed E-state index contributed by atoms with van der Waals surface area (Å²) in [6.45, 7) is 6.05. The van der Waals surface area contributed by atoms with Crippen LogP contribution in [0.5, 0.6) is 17.2 Å². The fourth-order valence-electron chi connectivity index (χ4n) is 4.18. The number of fused-ring (bicyclic) bond motifs is 1. The Morgan fingerprint density at radius 2 is 1.65 bits per heavy atom. The van der Waals surface area contributed by atoms with Crippen LogP contribution >= 0.6 is 0 Å². The van der Waals surface area contributed by atoms with Gasteiger partial charge in [0.25, 0.3) is 5.91 Å². The third kappa shape index (κ3) is 6.84. The predicted octanol–water partition coefficient (Wildman–Crippen LogP) is 4.87. The van der Waals surface area contributed by atoms with E-state index in [4.69, 9.17) is 18.9 Å². The summed E-state index contributed by atoms with van der Waals surface area (Å²) in [5, 5.41) is 0. The van der Waals surface area contributed by atoms with Crippen molar-refractivity contribution in [3.63, 3.8) is 0 Å². The van der Waals surface area contributed by atoms with Gasteiger partial charge in [0.1, 0.15) is 5.75 Å². The van der Waals surface area contributed by atoms with Crippen molar-refractivity contribution in [3.8, 4) is 17.2 Å². The van der Waals surface area contributed by atoms with Gasteiger partial charge in [-0.15, -0.1) is 0 Å². The largest absolute Gasteiger partial charge is 0.475 e. The first-order valence-electron chi connectivity index (χ1n) is 12.8. The van der Waals surface area contributed by atoms with Gasteiger partial charge < -0.3 is 18.9 Å². The Morgan fingerprint density at radius 1 is 0.950 bits per heavy atom. The fourth-order valence-corrected chi connectivity index (χ4v) is 5.05. The molecule has 1 aliphatic rings. The molecule has 2 N–H and O–H groups in total. The Hall–Kier alpha value is -4.25. The van der Waals surface area contributed by atoms with E-state index < -0.39 is 28.2 Å². The van der Waals surface area contributed by atoms with Crippen molar-refractivity contribution in [2.24, 2.45) is 0 Å². The van der Waals surface area contributed by atoms with Crippen molar-refractivity contribution in [3.05, 3.63) is 82.9 Å². The van der Waals surface area contributed by atoms with Crippen LogP contribution in [0.25, 0.3) is 0 Å². The average Bonchev–Trinajstić information content (AvgIpc) is 3.39. The molecular formula is C29H32N2O8S. The summed E-state index contributed by atoms with van der Waals surface area (Å²) in [6, 6.07) is 16.4. The smallest absolute Gasteiger partial charge is 0.337 e. The number of carbonyl (C=O) groups excluding carboxylic acids is 2. The second kappa shape index (κ2) is 12.3. The van der Waals surface area contributed by atoms with Crippen LogP contribution in [0, 0.1) is 0 Å². The number of methoxy groups -OCH3 is 1. The van der Waals surface area contributed by atoms with Gasteiger partial charge in [-0.2, -0.15) is 8.42 Å². The number of benzene rings is 3. The van der Waals surface area contributed by atoms with Crippen molar-refractivity contribution in [2.45, 2.75) is 45.6 Å². The Balaban J connectivity index is 1.63. The summed E-state index contributed by atoms with van der Waals surface area (Å²) in [5.74, 6) is 0.0690. The standard InChI is InChI=1S/C29H32N2O8S/c1-5-6-20-15-22(29(33)36-4)10-13-24(20)39-27(21-9-14-25-26(16-21)38-17-37-25)28(32)31-40(34,35)30-23-11-7-19(8-12-23)18(2)3/h7-16,18,27,30H,5-6,17H2,1-4H3,(H,31,32). The van der Waals surface area contributed by atoms with E-state index in [2.05, 4.69) is 9.44 Å². The minimum absolute atomic E-state index is 0.0278. The molecule has 212 valence electrons. The number of nitrogens with one attached hydrogen (secondary N) is 2. The van der Waals surface area contributed by atoms with E-state index in [-0.39, 0.29) is 12.7 Å². The van der Waals surface area contributed by atoms with Gasteiger partial charge in [0.2, 0.25) is 12.9 Å². The number of hydrogen-bond donors (Lipinski definition) is 2. The maximum atomic E-state index is 13.5. The van der Waals surface area contributed by atoms with Gasteiger partial charge >= 0.3 is 16.2 Å². The quantitative estimate of drug-likeness (QED) is 0.314. The van der Waals surface area contributed by atoms with Gasteiger partial charge in [0.15, 0.2) is 11.5 Å². The van der Waals surface area contributed by atoms with Gasteiger partial charge in [-0.05, 0) is 65.9 Å². The van der Waals surface area contributed by atoms with E-state index in [1.807, 2.05) is 32.9 Å². The molecule has 3 aromatic rings. The summed E-state index contributed by atoms with van der Waals surface area (Å²) in [6.07, 6.45) is -0.105. The number of rotatable bonds is 11. The van der Waals surface area contributed by atoms with Gasteiger partial charge in [-0.1, -0.05) is 45.4 Å². The molecular weight excluding hydrogens is 536 g/mol. The highest BCUT2D eigenvalue weighted by Gasteiger charge is 2.30. The van der Waals surface area contributed by atoms with Gasteiger partial charge in [-0.3, -0.25) is 9.52 Å². The minimum Gasteiger partial charge on any atom is -0.475 e. The number of anilines is 1. The fraction of sp³-hybridized carbons (Fsp3) is 0.310. The minimum atomic E-state index is -4.31. The molecule has 0 saturated carbocycles. The highest BCUT2D eigenvalue weighted by Crippen LogP contribution is 2.36. The van der Waals surface area contributed by atoms with Crippen LogP contribution < -0.4 is 23.7 Å². The monoisotopic (exact) mass is 568 g/mol. The topological polar surface area (TPSA) is 129 Å². The van der Waals surface area contributed by atoms with Crippen LogP contribution in [-0.2, 0) is 26.2 Å². The normalized spacial score (nSPS) is 13.0. The molecule has 11 heteroatoms. The first-order valence-corrected chi connectivity index (χ1v) is 14.3. The van der Waals surface area contributed by atoms with Gasteiger partial charge in [-0.25, -0.2) is 9.52 Å². The number of amides is 1. The van der Waals surface area contributed by atoms with E-state index in [1.165, 1.54) is 13.2 Å². The van der Waals surface area contributed by atoms with Crippen LogP contribution in [0.3, 0.4) is 0 Å². The average molecular weight is 569 g/mol. The van der Waals surface area contributed by atoms with Gasteiger partial charge in [0.05, 0.1) is 18.4 Å². The third-order valence-electron chi connectivity index (χ3n) is 6.25. The zero-order chi connectivity index (χ0) is 28.9. The van der Waals surface area contributed by atoms with Crippen molar-refractivity contribution in [2.75, 3.05) is 18.6 Å². The summed E-state index contributed by atoms with van der Waals surface area (Å²) in [7, 11) is -3.02. The first-order chi connectivity index (χ1) is 19.1. The molecule has 10 nitrogen and oxygen atoms in total. The lowest BCUT2D eigenvalue weighted by atomic mass is 10.0. The number of ether oxygens (including phenoxy) is 4. The van der Waals surface area contributed by atoms with Crippen molar-refractivity contribution in [1.82, 2.24) is 4.72 Å². The Labute approximate surface area is 233 Å². The summed E-state index contributed by atoms with van der Waals surface area (Å²) in [5.41, 5.74) is 2.68. The molecule has 3 aromatic carbocycles. The molecule has 0 aliphatic carbocycles. The zero-order valence-corrected chi connectivity index (χ0v) is 23.5. The highest BCUT2D eigenvalue weighted by atomic mass is 32.2. The maximum Gasteiger partial charge on any atom is 0.337 e. The van der Waals surface area contributed by atoms with E-state index in [0.29, 0.717) is 46.0 Å². The van der Waals surface area contributed by atoms with Crippen molar-refractivity contribution in [1.29, 1.82) is 0 Å². The molecule has 40 heavy (non-hydrogen) atoms. The summed E-state index contributed by atoms with van der Waals surface area (Å²) >= 11 is 0. The van der Waals surface area contributed by atoms with E-state index in [1.54, 1.807) is 42.5 Å². The van der Waals surface area contributed by atoms with E-state index in [9.17, 15) is 18.0 Å². The first kappa shape index (κ1) is 28.8. The number of carbonyl (C=O) groups is 2. The van der Waals surface area contributed by atoms with Crippen molar-refractivity contribution < 1.29 is 37.0 Å². The second-order valence-corrected chi connectivity index (χ2v) is 10.9. The maximum absolute atomic E-state index is 13.5. The lowest BCUT2D eigenvalue weighted by molar-refractivity contribution is -0.126. The molecule has 0 aromatic heterocycles. The zero-order valence-electron chi connectivity index (χ0n) is 22.7. The molecule has 1 atom stereocenters. The Morgan fingerprint density at radius 3 is 2.33 bits per heavy atom. The van der Waals surface area contributed by atoms with E-state index >= 15 is 0 Å². The second-order valence-electron chi connectivity index (χ2n) is 9.52. The molecule has 4 rings (SSSR count). The van der Waals surface area contributed by atoms with Crippen LogP contribution in [0.15, 0.2) is 60.7 Å². The molecule has 0 bridgehead atoms. The lowest BCUT2D eigenvalue weighted by Crippen LogP contribution is -2.40. The van der Waals surface area contributed by atoms with Crippen LogP contribution in [-0.4, -0.2) is 34.2 Å². The summed E-state index contributed by atoms with van der Waals surface area (Å²) in [4.78, 5) is 25.6. The molecule has 0 spiro atoms. The van der Waals surface area contributed by atoms with Crippen LogP contribution in [0.4, 0.5) is 5.69 Å². The SMILES string of the molecule is CCCc1cc(C(=O)OC)ccc1OC(C(=O)NS(=O)(=O)Nc1ccc(C(C)C)cc1)c1ccc2c(c1)OCO2. The predicted molar refractivity (Wildman–Crippen MR) is 149 cm³/mol. The summed E-state index contributed by atoms with van der Waals surface area (Å²) < 4.78 is 52.1. The molecule has 1 aliphatic heterocycles. The number of hydrogen-bond acceptors (Lipinski definition) is 8. The Kier molecular flexibility index (Phi) is 8.83. The Bertz CT molecular complexity index is 1490. The van der Waals surface area contributed by atoms with Crippen LogP contribution in [0.2, 0.25) is 0 Å². The lowest BCUT2D eigenvalue weighted by Gasteiger charge is -2.22. The highest BCUT2D eigenvalue weighted by molar-refractivity contribution is 7.91. The number of esters is 1. The van der Waals surface area contributed by atoms with E-state index in [0.717, 1.165) is 12.0 Å². The molecule has 0 radical (unpaired) electrons. The molecule has 1 amide bonds. The molecule has 0 fully saturated rings. The van der Waals surface area contributed by atoms with Crippen molar-refractivity contribution >= 4 is 27.8 Å². The molecule has 0 saturated heterocycles. The van der Waals surface area contributed by atoms with Gasteiger partial charge in [0, 0.05) is 5.56 Å². The molecule has 1 heterocycles. The number of aryl methyl sites for hydroxylation is 1. The molecule has 1 unspecified atom stereocenters. The van der Waals surface area contributed by atoms with Crippen LogP contribution in [0.1, 0.15) is 66.3 Å². The third-order valence-corrected chi connectivity index (χ3v) is 7.22.